The fraction of sp³-hybridized carbons (Fsp3) is 0.769. The van der Waals surface area contributed by atoms with Gasteiger partial charge in [0.1, 0.15) is 0 Å². The maximum absolute atomic E-state index is 5.47. The Morgan fingerprint density at radius 1 is 1.30 bits per heavy atom. The molecule has 1 saturated heterocycles. The number of hydrogen-bond acceptors (Lipinski definition) is 7. The van der Waals surface area contributed by atoms with Gasteiger partial charge in [0.15, 0.2) is 0 Å². The number of nitrogens with zero attached hydrogens (tertiary/aromatic N) is 5. The van der Waals surface area contributed by atoms with Gasteiger partial charge >= 0.3 is 0 Å². The lowest BCUT2D eigenvalue weighted by Gasteiger charge is -2.23. The average molecular weight is 279 g/mol. The van der Waals surface area contributed by atoms with Crippen LogP contribution in [0.2, 0.25) is 0 Å². The second kappa shape index (κ2) is 6.69. The molecule has 0 radical (unpaired) electrons. The van der Waals surface area contributed by atoms with Crippen LogP contribution in [0.5, 0.6) is 0 Å². The molecule has 3 N–H and O–H groups in total. The SMILES string of the molecule is CCC(C)CN(C)c1nc(NN)nc(N2CCCC2)n1. The van der Waals surface area contributed by atoms with E-state index in [1.54, 1.807) is 0 Å². The Balaban J connectivity index is 2.20. The molecule has 1 atom stereocenters. The Labute approximate surface area is 120 Å². The van der Waals surface area contributed by atoms with Gasteiger partial charge in [0.25, 0.3) is 0 Å². The molecular weight excluding hydrogens is 254 g/mol. The van der Waals surface area contributed by atoms with Crippen LogP contribution in [0, 0.1) is 5.92 Å². The summed E-state index contributed by atoms with van der Waals surface area (Å²) in [6, 6.07) is 0. The molecule has 7 heteroatoms. The van der Waals surface area contributed by atoms with Gasteiger partial charge in [-0.25, -0.2) is 5.84 Å². The third kappa shape index (κ3) is 3.47. The summed E-state index contributed by atoms with van der Waals surface area (Å²) in [4.78, 5) is 17.5. The van der Waals surface area contributed by atoms with Crippen molar-refractivity contribution >= 4 is 17.8 Å². The molecule has 0 amide bonds. The van der Waals surface area contributed by atoms with Crippen LogP contribution in [0.4, 0.5) is 17.8 Å². The number of hydrogen-bond donors (Lipinski definition) is 2. The maximum atomic E-state index is 5.47. The third-order valence-electron chi connectivity index (χ3n) is 3.75. The van der Waals surface area contributed by atoms with Gasteiger partial charge < -0.3 is 9.80 Å². The number of hydrazine groups is 1. The Morgan fingerprint density at radius 2 is 2.00 bits per heavy atom. The summed E-state index contributed by atoms with van der Waals surface area (Å²) in [6.07, 6.45) is 3.51. The summed E-state index contributed by atoms with van der Waals surface area (Å²) in [7, 11) is 2.01. The zero-order valence-corrected chi connectivity index (χ0v) is 12.6. The maximum Gasteiger partial charge on any atom is 0.243 e. The predicted molar refractivity (Wildman–Crippen MR) is 81.8 cm³/mol. The summed E-state index contributed by atoms with van der Waals surface area (Å²) in [6.45, 7) is 7.34. The van der Waals surface area contributed by atoms with E-state index in [-0.39, 0.29) is 0 Å². The molecule has 7 nitrogen and oxygen atoms in total. The normalized spacial score (nSPS) is 16.3. The first-order valence-electron chi connectivity index (χ1n) is 7.32. The standard InChI is InChI=1S/C13H25N7/c1-4-10(2)9-19(3)12-15-11(18-14)16-13(17-12)20-7-5-6-8-20/h10H,4-9,14H2,1-3H3,(H,15,16,17,18). The molecule has 1 fully saturated rings. The van der Waals surface area contributed by atoms with Crippen molar-refractivity contribution in [3.05, 3.63) is 0 Å². The van der Waals surface area contributed by atoms with Gasteiger partial charge in [0.2, 0.25) is 17.8 Å². The third-order valence-corrected chi connectivity index (χ3v) is 3.75. The topological polar surface area (TPSA) is 83.2 Å². The van der Waals surface area contributed by atoms with Crippen molar-refractivity contribution in [1.82, 2.24) is 15.0 Å². The van der Waals surface area contributed by atoms with Gasteiger partial charge in [-0.15, -0.1) is 0 Å². The van der Waals surface area contributed by atoms with Gasteiger partial charge in [-0.05, 0) is 18.8 Å². The van der Waals surface area contributed by atoms with E-state index in [1.807, 2.05) is 7.05 Å². The van der Waals surface area contributed by atoms with E-state index in [0.717, 1.165) is 32.0 Å². The quantitative estimate of drug-likeness (QED) is 0.598. The minimum atomic E-state index is 0.424. The van der Waals surface area contributed by atoms with Crippen molar-refractivity contribution in [2.24, 2.45) is 11.8 Å². The molecule has 2 rings (SSSR count). The lowest BCUT2D eigenvalue weighted by molar-refractivity contribution is 0.554. The van der Waals surface area contributed by atoms with Crippen LogP contribution < -0.4 is 21.1 Å². The molecule has 2 heterocycles. The molecule has 0 saturated carbocycles. The van der Waals surface area contributed by atoms with Gasteiger partial charge in [-0.1, -0.05) is 20.3 Å². The summed E-state index contributed by atoms with van der Waals surface area (Å²) in [5.74, 6) is 7.89. The van der Waals surface area contributed by atoms with Crippen LogP contribution in [-0.4, -0.2) is 41.6 Å². The van der Waals surface area contributed by atoms with E-state index in [1.165, 1.54) is 12.8 Å². The van der Waals surface area contributed by atoms with Crippen molar-refractivity contribution < 1.29 is 0 Å². The van der Waals surface area contributed by atoms with Gasteiger partial charge in [-0.2, -0.15) is 15.0 Å². The molecule has 1 aromatic heterocycles. The molecule has 1 aromatic rings. The molecule has 0 aliphatic carbocycles. The molecule has 0 spiro atoms. The number of nitrogen functional groups attached to an aromatic ring is 1. The van der Waals surface area contributed by atoms with Crippen LogP contribution in [0.25, 0.3) is 0 Å². The Hall–Kier alpha value is -1.63. The lowest BCUT2D eigenvalue weighted by Crippen LogP contribution is -2.28. The largest absolute Gasteiger partial charge is 0.343 e. The highest BCUT2D eigenvalue weighted by Crippen LogP contribution is 2.20. The highest BCUT2D eigenvalue weighted by atomic mass is 15.4. The van der Waals surface area contributed by atoms with Gasteiger partial charge in [0.05, 0.1) is 0 Å². The molecule has 0 bridgehead atoms. The van der Waals surface area contributed by atoms with Crippen molar-refractivity contribution in [3.63, 3.8) is 0 Å². The Kier molecular flexibility index (Phi) is 4.94. The highest BCUT2D eigenvalue weighted by molar-refractivity contribution is 5.44. The lowest BCUT2D eigenvalue weighted by atomic mass is 10.1. The predicted octanol–water partition coefficient (Wildman–Crippen LogP) is 1.24. The van der Waals surface area contributed by atoms with Crippen molar-refractivity contribution in [3.8, 4) is 0 Å². The van der Waals surface area contributed by atoms with Crippen molar-refractivity contribution in [2.45, 2.75) is 33.1 Å². The molecule has 0 aromatic carbocycles. The number of anilines is 3. The van der Waals surface area contributed by atoms with Crippen LogP contribution in [0.3, 0.4) is 0 Å². The van der Waals surface area contributed by atoms with E-state index >= 15 is 0 Å². The fourth-order valence-electron chi connectivity index (χ4n) is 2.33. The highest BCUT2D eigenvalue weighted by Gasteiger charge is 2.18. The van der Waals surface area contributed by atoms with E-state index in [4.69, 9.17) is 5.84 Å². The number of rotatable bonds is 6. The molecular formula is C13H25N7. The first kappa shape index (κ1) is 14.8. The second-order valence-electron chi connectivity index (χ2n) is 5.49. The van der Waals surface area contributed by atoms with Crippen LogP contribution in [-0.2, 0) is 0 Å². The van der Waals surface area contributed by atoms with Crippen LogP contribution in [0.15, 0.2) is 0 Å². The van der Waals surface area contributed by atoms with E-state index in [0.29, 0.717) is 17.8 Å². The number of nitrogens with two attached hydrogens (primary N) is 1. The first-order chi connectivity index (χ1) is 9.63. The minimum absolute atomic E-state index is 0.424. The zero-order valence-electron chi connectivity index (χ0n) is 12.6. The molecule has 1 aliphatic rings. The number of aromatic nitrogens is 3. The Morgan fingerprint density at radius 3 is 2.60 bits per heavy atom. The summed E-state index contributed by atoms with van der Waals surface area (Å²) in [5.41, 5.74) is 2.54. The summed E-state index contributed by atoms with van der Waals surface area (Å²) >= 11 is 0. The Bertz CT molecular complexity index is 431. The van der Waals surface area contributed by atoms with Crippen molar-refractivity contribution in [2.75, 3.05) is 41.9 Å². The molecule has 1 aliphatic heterocycles. The summed E-state index contributed by atoms with van der Waals surface area (Å²) in [5, 5.41) is 0. The van der Waals surface area contributed by atoms with Crippen LogP contribution in [0.1, 0.15) is 33.1 Å². The van der Waals surface area contributed by atoms with E-state index in [9.17, 15) is 0 Å². The fourth-order valence-corrected chi connectivity index (χ4v) is 2.33. The van der Waals surface area contributed by atoms with Crippen molar-refractivity contribution in [1.29, 1.82) is 0 Å². The average Bonchev–Trinajstić information content (AvgIpc) is 3.00. The van der Waals surface area contributed by atoms with E-state index < -0.39 is 0 Å². The zero-order chi connectivity index (χ0) is 14.5. The van der Waals surface area contributed by atoms with Gasteiger partial charge in [0, 0.05) is 26.7 Å². The monoisotopic (exact) mass is 279 g/mol. The van der Waals surface area contributed by atoms with E-state index in [2.05, 4.69) is 44.0 Å². The number of nitrogens with one attached hydrogen (secondary N) is 1. The van der Waals surface area contributed by atoms with Gasteiger partial charge in [-0.3, -0.25) is 5.43 Å². The molecule has 20 heavy (non-hydrogen) atoms. The smallest absolute Gasteiger partial charge is 0.243 e. The molecule has 112 valence electrons. The second-order valence-corrected chi connectivity index (χ2v) is 5.49. The van der Waals surface area contributed by atoms with Crippen LogP contribution >= 0.6 is 0 Å². The molecule has 1 unspecified atom stereocenters. The first-order valence-corrected chi connectivity index (χ1v) is 7.32. The minimum Gasteiger partial charge on any atom is -0.343 e. The summed E-state index contributed by atoms with van der Waals surface area (Å²) < 4.78 is 0.